The Kier molecular flexibility index (Phi) is 2.66. The molecule has 1 saturated heterocycles. The molecule has 2 nitrogen and oxygen atoms in total. The summed E-state index contributed by atoms with van der Waals surface area (Å²) in [6, 6.07) is 3.64. The number of phenols is 1. The van der Waals surface area contributed by atoms with Crippen molar-refractivity contribution >= 4 is 11.6 Å². The van der Waals surface area contributed by atoms with Crippen molar-refractivity contribution in [3.63, 3.8) is 0 Å². The molecule has 0 bridgehead atoms. The molecule has 0 amide bonds. The molecule has 0 saturated carbocycles. The van der Waals surface area contributed by atoms with Crippen LogP contribution in [0.2, 0.25) is 5.02 Å². The zero-order valence-corrected chi connectivity index (χ0v) is 8.93. The maximum Gasteiger partial charge on any atom is 0.119 e. The Morgan fingerprint density at radius 1 is 1.50 bits per heavy atom. The summed E-state index contributed by atoms with van der Waals surface area (Å²) in [6.45, 7) is 3.86. The summed E-state index contributed by atoms with van der Waals surface area (Å²) in [5.41, 5.74) is 1.91. The van der Waals surface area contributed by atoms with Gasteiger partial charge in [-0.1, -0.05) is 11.6 Å². The summed E-state index contributed by atoms with van der Waals surface area (Å²) in [6.07, 6.45) is 1.08. The van der Waals surface area contributed by atoms with Crippen LogP contribution in [-0.2, 0) is 0 Å². The standard InChI is InChI=1S/C11H14ClNO/c1-7-4-11(14)9(5-10(7)12)8-2-3-13-6-8/h4-5,8,13-14H,2-3,6H2,1H3. The number of benzene rings is 1. The van der Waals surface area contributed by atoms with Crippen molar-refractivity contribution in [1.29, 1.82) is 0 Å². The number of hydrogen-bond donors (Lipinski definition) is 2. The Labute approximate surface area is 88.9 Å². The minimum atomic E-state index is 0.376. The second-order valence-corrected chi connectivity index (χ2v) is 4.26. The molecule has 2 N–H and O–H groups in total. The minimum absolute atomic E-state index is 0.376. The van der Waals surface area contributed by atoms with Crippen molar-refractivity contribution in [2.45, 2.75) is 19.3 Å². The van der Waals surface area contributed by atoms with Gasteiger partial charge in [-0.2, -0.15) is 0 Å². The van der Waals surface area contributed by atoms with Crippen LogP contribution in [0.3, 0.4) is 0 Å². The molecule has 76 valence electrons. The molecule has 1 fully saturated rings. The number of rotatable bonds is 1. The predicted octanol–water partition coefficient (Wildman–Crippen LogP) is 2.43. The van der Waals surface area contributed by atoms with Crippen LogP contribution in [0.15, 0.2) is 12.1 Å². The average Bonchev–Trinajstić information content (AvgIpc) is 2.64. The fraction of sp³-hybridized carbons (Fsp3) is 0.455. The summed E-state index contributed by atoms with van der Waals surface area (Å²) >= 11 is 6.03. The first kappa shape index (κ1) is 9.81. The number of aryl methyl sites for hydroxylation is 1. The van der Waals surface area contributed by atoms with Gasteiger partial charge in [-0.25, -0.2) is 0 Å². The molecule has 2 rings (SSSR count). The summed E-state index contributed by atoms with van der Waals surface area (Å²) in [4.78, 5) is 0. The molecule has 0 spiro atoms. The highest BCUT2D eigenvalue weighted by Gasteiger charge is 2.20. The molecule has 3 heteroatoms. The van der Waals surface area contributed by atoms with E-state index in [0.29, 0.717) is 11.7 Å². The molecule has 1 unspecified atom stereocenters. The normalized spacial score (nSPS) is 21.4. The van der Waals surface area contributed by atoms with Crippen LogP contribution < -0.4 is 5.32 Å². The highest BCUT2D eigenvalue weighted by molar-refractivity contribution is 6.31. The van der Waals surface area contributed by atoms with Crippen LogP contribution in [-0.4, -0.2) is 18.2 Å². The molecular formula is C11H14ClNO. The van der Waals surface area contributed by atoms with Crippen LogP contribution in [0.5, 0.6) is 5.75 Å². The van der Waals surface area contributed by atoms with Gasteiger partial charge in [0.15, 0.2) is 0 Å². The minimum Gasteiger partial charge on any atom is -0.508 e. The average molecular weight is 212 g/mol. The molecule has 0 aliphatic carbocycles. The molecule has 1 aliphatic rings. The lowest BCUT2D eigenvalue weighted by Crippen LogP contribution is -2.08. The SMILES string of the molecule is Cc1cc(O)c(C2CCNC2)cc1Cl. The summed E-state index contributed by atoms with van der Waals surface area (Å²) in [5.74, 6) is 0.786. The van der Waals surface area contributed by atoms with Gasteiger partial charge in [-0.3, -0.25) is 0 Å². The monoisotopic (exact) mass is 211 g/mol. The highest BCUT2D eigenvalue weighted by atomic mass is 35.5. The Hall–Kier alpha value is -0.730. The predicted molar refractivity (Wildman–Crippen MR) is 58.1 cm³/mol. The van der Waals surface area contributed by atoms with E-state index in [9.17, 15) is 5.11 Å². The quantitative estimate of drug-likeness (QED) is 0.748. The van der Waals surface area contributed by atoms with E-state index in [2.05, 4.69) is 5.32 Å². The zero-order chi connectivity index (χ0) is 10.1. The van der Waals surface area contributed by atoms with Crippen molar-refractivity contribution in [3.8, 4) is 5.75 Å². The van der Waals surface area contributed by atoms with Gasteiger partial charge < -0.3 is 10.4 Å². The van der Waals surface area contributed by atoms with Crippen LogP contribution in [0.1, 0.15) is 23.5 Å². The Balaban J connectivity index is 2.37. The van der Waals surface area contributed by atoms with E-state index >= 15 is 0 Å². The molecule has 1 aromatic carbocycles. The summed E-state index contributed by atoms with van der Waals surface area (Å²) in [7, 11) is 0. The lowest BCUT2D eigenvalue weighted by atomic mass is 9.96. The fourth-order valence-electron chi connectivity index (χ4n) is 1.93. The summed E-state index contributed by atoms with van der Waals surface area (Å²) < 4.78 is 0. The number of phenolic OH excluding ortho intramolecular Hbond substituents is 1. The van der Waals surface area contributed by atoms with E-state index in [-0.39, 0.29) is 0 Å². The van der Waals surface area contributed by atoms with Crippen molar-refractivity contribution in [1.82, 2.24) is 5.32 Å². The van der Waals surface area contributed by atoms with Crippen LogP contribution in [0.25, 0.3) is 0 Å². The van der Waals surface area contributed by atoms with Gasteiger partial charge in [0.1, 0.15) is 5.75 Å². The number of nitrogens with one attached hydrogen (secondary N) is 1. The topological polar surface area (TPSA) is 32.3 Å². The van der Waals surface area contributed by atoms with Gasteiger partial charge in [0.05, 0.1) is 0 Å². The number of halogens is 1. The highest BCUT2D eigenvalue weighted by Crippen LogP contribution is 2.33. The van der Waals surface area contributed by atoms with Gasteiger partial charge in [0.2, 0.25) is 0 Å². The molecule has 1 heterocycles. The third kappa shape index (κ3) is 1.72. The lowest BCUT2D eigenvalue weighted by molar-refractivity contribution is 0.462. The maximum atomic E-state index is 9.79. The van der Waals surface area contributed by atoms with Gasteiger partial charge in [-0.15, -0.1) is 0 Å². The summed E-state index contributed by atoms with van der Waals surface area (Å²) in [5, 5.41) is 13.8. The second-order valence-electron chi connectivity index (χ2n) is 3.85. The largest absolute Gasteiger partial charge is 0.508 e. The second kappa shape index (κ2) is 3.79. The van der Waals surface area contributed by atoms with E-state index in [1.54, 1.807) is 6.07 Å². The van der Waals surface area contributed by atoms with Gasteiger partial charge in [0.25, 0.3) is 0 Å². The van der Waals surface area contributed by atoms with Crippen molar-refractivity contribution in [2.24, 2.45) is 0 Å². The van der Waals surface area contributed by atoms with Crippen LogP contribution in [0, 0.1) is 6.92 Å². The molecule has 0 radical (unpaired) electrons. The zero-order valence-electron chi connectivity index (χ0n) is 8.18. The third-order valence-electron chi connectivity index (χ3n) is 2.81. The first-order valence-electron chi connectivity index (χ1n) is 4.88. The van der Waals surface area contributed by atoms with Gasteiger partial charge in [0, 0.05) is 17.5 Å². The number of aromatic hydroxyl groups is 1. The fourth-order valence-corrected chi connectivity index (χ4v) is 2.10. The first-order valence-corrected chi connectivity index (χ1v) is 5.26. The number of hydrogen-bond acceptors (Lipinski definition) is 2. The third-order valence-corrected chi connectivity index (χ3v) is 3.22. The van der Waals surface area contributed by atoms with E-state index in [0.717, 1.165) is 35.7 Å². The van der Waals surface area contributed by atoms with E-state index in [1.165, 1.54) is 0 Å². The van der Waals surface area contributed by atoms with Gasteiger partial charge in [-0.05, 0) is 43.1 Å². The van der Waals surface area contributed by atoms with Crippen molar-refractivity contribution < 1.29 is 5.11 Å². The maximum absolute atomic E-state index is 9.79. The Bertz CT molecular complexity index is 345. The molecule has 1 aliphatic heterocycles. The van der Waals surface area contributed by atoms with Crippen molar-refractivity contribution in [2.75, 3.05) is 13.1 Å². The Morgan fingerprint density at radius 3 is 2.93 bits per heavy atom. The molecule has 0 aromatic heterocycles. The van der Waals surface area contributed by atoms with Crippen LogP contribution in [0.4, 0.5) is 0 Å². The van der Waals surface area contributed by atoms with Gasteiger partial charge >= 0.3 is 0 Å². The molecular weight excluding hydrogens is 198 g/mol. The Morgan fingerprint density at radius 2 is 2.29 bits per heavy atom. The lowest BCUT2D eigenvalue weighted by Gasteiger charge is -2.12. The van der Waals surface area contributed by atoms with Crippen LogP contribution >= 0.6 is 11.6 Å². The molecule has 14 heavy (non-hydrogen) atoms. The smallest absolute Gasteiger partial charge is 0.119 e. The van der Waals surface area contributed by atoms with E-state index in [4.69, 9.17) is 11.6 Å². The molecule has 1 atom stereocenters. The van der Waals surface area contributed by atoms with E-state index in [1.807, 2.05) is 13.0 Å². The molecule has 1 aromatic rings. The van der Waals surface area contributed by atoms with E-state index < -0.39 is 0 Å². The van der Waals surface area contributed by atoms with Crippen molar-refractivity contribution in [3.05, 3.63) is 28.3 Å². The first-order chi connectivity index (χ1) is 6.68.